The Balaban J connectivity index is 1.72. The molecule has 0 heterocycles. The molecule has 4 nitrogen and oxygen atoms in total. The normalized spacial score (nSPS) is 39.0. The predicted octanol–water partition coefficient (Wildman–Crippen LogP) is 4.37. The van der Waals surface area contributed by atoms with Gasteiger partial charge < -0.3 is 14.9 Å². The molecule has 0 amide bonds. The van der Waals surface area contributed by atoms with E-state index in [-0.39, 0.29) is 17.8 Å². The number of carbonyl (C=O) groups excluding carboxylic acids is 1. The summed E-state index contributed by atoms with van der Waals surface area (Å²) in [5.41, 5.74) is 3.53. The Kier molecular flexibility index (Phi) is 7.19. The van der Waals surface area contributed by atoms with E-state index in [1.807, 2.05) is 0 Å². The molecule has 3 rings (SSSR count). The number of aliphatic hydroxyl groups is 2. The summed E-state index contributed by atoms with van der Waals surface area (Å²) >= 11 is 0. The third-order valence-electron chi connectivity index (χ3n) is 7.68. The fourth-order valence-electron chi connectivity index (χ4n) is 6.18. The molecule has 0 saturated heterocycles. The Labute approximate surface area is 175 Å². The Morgan fingerprint density at radius 2 is 2.10 bits per heavy atom. The third-order valence-corrected chi connectivity index (χ3v) is 7.68. The van der Waals surface area contributed by atoms with Gasteiger partial charge in [0.1, 0.15) is 6.61 Å². The van der Waals surface area contributed by atoms with Crippen molar-refractivity contribution in [3.8, 4) is 0 Å². The van der Waals surface area contributed by atoms with Gasteiger partial charge in [0.25, 0.3) is 0 Å². The number of rotatable bonds is 6. The van der Waals surface area contributed by atoms with E-state index >= 15 is 0 Å². The van der Waals surface area contributed by atoms with E-state index in [1.165, 1.54) is 31.3 Å². The van der Waals surface area contributed by atoms with Crippen molar-refractivity contribution in [1.29, 1.82) is 0 Å². The highest BCUT2D eigenvalue weighted by molar-refractivity contribution is 5.76. The molecule has 3 aliphatic rings. The van der Waals surface area contributed by atoms with Gasteiger partial charge in [-0.2, -0.15) is 0 Å². The molecule has 29 heavy (non-hydrogen) atoms. The van der Waals surface area contributed by atoms with E-state index < -0.39 is 12.2 Å². The number of Topliss-reactive ketones (excluding diaryl/α,β-unsaturated/α-hetero) is 1. The number of ketones is 1. The largest absolute Gasteiger partial charge is 0.393 e. The smallest absolute Gasteiger partial charge is 0.155 e. The number of aliphatic hydroxyl groups excluding tert-OH is 2. The topological polar surface area (TPSA) is 66.8 Å². The maximum absolute atomic E-state index is 11.2. The highest BCUT2D eigenvalue weighted by Crippen LogP contribution is 2.59. The summed E-state index contributed by atoms with van der Waals surface area (Å²) in [5, 5.41) is 20.1. The summed E-state index contributed by atoms with van der Waals surface area (Å²) < 4.78 is 5.65. The number of fused-ring (bicyclic) bond motifs is 1. The summed E-state index contributed by atoms with van der Waals surface area (Å²) in [6.45, 7) is 11.2. The quantitative estimate of drug-likeness (QED) is 0.692. The lowest BCUT2D eigenvalue weighted by molar-refractivity contribution is -0.122. The van der Waals surface area contributed by atoms with Gasteiger partial charge in [-0.25, -0.2) is 0 Å². The highest BCUT2D eigenvalue weighted by atomic mass is 16.5. The van der Waals surface area contributed by atoms with Crippen LogP contribution in [0.4, 0.5) is 0 Å². The molecule has 0 radical (unpaired) electrons. The maximum atomic E-state index is 11.2. The zero-order valence-electron chi connectivity index (χ0n) is 18.3. The lowest BCUT2D eigenvalue weighted by Crippen LogP contribution is -2.37. The SMILES string of the molecule is C=C1C(=CC=C2CCC[C@]3(C)[C@@H]([C@H](C)COCC(C)=O)CC[C@@H]23)C[C@@H](O)C[C@@H]1O. The van der Waals surface area contributed by atoms with Crippen LogP contribution in [0, 0.1) is 23.2 Å². The average Bonchev–Trinajstić information content (AvgIpc) is 3.00. The zero-order chi connectivity index (χ0) is 21.2. The second kappa shape index (κ2) is 9.28. The van der Waals surface area contributed by atoms with Crippen molar-refractivity contribution in [2.45, 2.75) is 77.9 Å². The summed E-state index contributed by atoms with van der Waals surface area (Å²) in [6.07, 6.45) is 10.2. The summed E-state index contributed by atoms with van der Waals surface area (Å²) in [6, 6.07) is 0. The number of ether oxygens (including phenoxy) is 1. The Hall–Kier alpha value is -1.23. The average molecular weight is 403 g/mol. The lowest BCUT2D eigenvalue weighted by atomic mass is 9.61. The van der Waals surface area contributed by atoms with Crippen LogP contribution in [0.2, 0.25) is 0 Å². The molecule has 0 bridgehead atoms. The molecule has 3 saturated carbocycles. The molecule has 4 heteroatoms. The third kappa shape index (κ3) is 4.92. The van der Waals surface area contributed by atoms with Gasteiger partial charge in [-0.3, -0.25) is 4.79 Å². The van der Waals surface area contributed by atoms with Gasteiger partial charge in [0, 0.05) is 6.42 Å². The molecular weight excluding hydrogens is 364 g/mol. The number of hydrogen-bond donors (Lipinski definition) is 2. The van der Waals surface area contributed by atoms with E-state index in [4.69, 9.17) is 4.74 Å². The summed E-state index contributed by atoms with van der Waals surface area (Å²) in [7, 11) is 0. The molecule has 2 N–H and O–H groups in total. The van der Waals surface area contributed by atoms with Crippen molar-refractivity contribution in [3.63, 3.8) is 0 Å². The minimum Gasteiger partial charge on any atom is -0.393 e. The number of allylic oxidation sites excluding steroid dienone is 3. The van der Waals surface area contributed by atoms with Crippen LogP contribution in [0.15, 0.2) is 35.5 Å². The summed E-state index contributed by atoms with van der Waals surface area (Å²) in [5.74, 6) is 1.73. The van der Waals surface area contributed by atoms with Crippen LogP contribution in [0.1, 0.15) is 65.7 Å². The van der Waals surface area contributed by atoms with Crippen molar-refractivity contribution in [2.24, 2.45) is 23.2 Å². The fraction of sp³-hybridized carbons (Fsp3) is 0.720. The van der Waals surface area contributed by atoms with Crippen molar-refractivity contribution in [2.75, 3.05) is 13.2 Å². The van der Waals surface area contributed by atoms with Crippen molar-refractivity contribution >= 4 is 5.78 Å². The van der Waals surface area contributed by atoms with Gasteiger partial charge in [-0.05, 0) is 79.8 Å². The molecule has 3 aliphatic carbocycles. The number of carbonyl (C=O) groups is 1. The first kappa shape index (κ1) is 22.5. The summed E-state index contributed by atoms with van der Waals surface area (Å²) in [4.78, 5) is 11.2. The van der Waals surface area contributed by atoms with Crippen molar-refractivity contribution in [1.82, 2.24) is 0 Å². The lowest BCUT2D eigenvalue weighted by Gasteiger charge is -2.44. The van der Waals surface area contributed by atoms with Crippen LogP contribution in [0.5, 0.6) is 0 Å². The molecule has 0 aromatic heterocycles. The first-order valence-corrected chi connectivity index (χ1v) is 11.2. The molecular formula is C25H38O4. The Morgan fingerprint density at radius 1 is 1.34 bits per heavy atom. The maximum Gasteiger partial charge on any atom is 0.155 e. The van der Waals surface area contributed by atoms with E-state index in [0.29, 0.717) is 37.2 Å². The minimum atomic E-state index is -0.633. The van der Waals surface area contributed by atoms with Crippen LogP contribution in [-0.2, 0) is 9.53 Å². The van der Waals surface area contributed by atoms with Gasteiger partial charge in [0.2, 0.25) is 0 Å². The minimum absolute atomic E-state index is 0.0863. The van der Waals surface area contributed by atoms with Gasteiger partial charge in [-0.1, -0.05) is 38.2 Å². The molecule has 6 atom stereocenters. The van der Waals surface area contributed by atoms with Gasteiger partial charge in [0.05, 0.1) is 18.8 Å². The standard InChI is InChI=1S/C25H38O4/c1-16(14-29-15-17(2)26)22-9-10-23-19(6-5-11-25(22,23)4)7-8-20-12-21(27)13-24(28)18(20)3/h7-8,16,21-24,27-28H,3,5-6,9-15H2,1-2,4H3/t16-,21-,22-,23+,24+,25-/m1/s1. The fourth-order valence-corrected chi connectivity index (χ4v) is 6.18. The molecule has 3 fully saturated rings. The monoisotopic (exact) mass is 402 g/mol. The van der Waals surface area contributed by atoms with Gasteiger partial charge in [0.15, 0.2) is 5.78 Å². The van der Waals surface area contributed by atoms with Crippen LogP contribution in [0.3, 0.4) is 0 Å². The molecule has 0 aromatic carbocycles. The second-order valence-electron chi connectivity index (χ2n) is 9.86. The van der Waals surface area contributed by atoms with Crippen LogP contribution >= 0.6 is 0 Å². The van der Waals surface area contributed by atoms with Crippen molar-refractivity contribution < 1.29 is 19.7 Å². The first-order chi connectivity index (χ1) is 13.7. The van der Waals surface area contributed by atoms with Crippen molar-refractivity contribution in [3.05, 3.63) is 35.5 Å². The van der Waals surface area contributed by atoms with E-state index in [1.54, 1.807) is 6.92 Å². The van der Waals surface area contributed by atoms with Crippen LogP contribution in [-0.4, -0.2) is 41.4 Å². The first-order valence-electron chi connectivity index (χ1n) is 11.2. The van der Waals surface area contributed by atoms with Gasteiger partial charge >= 0.3 is 0 Å². The molecule has 162 valence electrons. The molecule has 0 spiro atoms. The highest BCUT2D eigenvalue weighted by Gasteiger charge is 2.50. The Morgan fingerprint density at radius 3 is 2.83 bits per heavy atom. The zero-order valence-corrected chi connectivity index (χ0v) is 18.3. The number of hydrogen-bond acceptors (Lipinski definition) is 4. The van der Waals surface area contributed by atoms with Crippen LogP contribution < -0.4 is 0 Å². The van der Waals surface area contributed by atoms with E-state index in [2.05, 4.69) is 32.6 Å². The van der Waals surface area contributed by atoms with E-state index in [0.717, 1.165) is 17.6 Å². The van der Waals surface area contributed by atoms with Crippen LogP contribution in [0.25, 0.3) is 0 Å². The van der Waals surface area contributed by atoms with Gasteiger partial charge in [-0.15, -0.1) is 0 Å². The molecule has 0 aromatic rings. The Bertz CT molecular complexity index is 691. The molecule has 0 unspecified atom stereocenters. The predicted molar refractivity (Wildman–Crippen MR) is 115 cm³/mol. The molecule has 0 aliphatic heterocycles. The second-order valence-corrected chi connectivity index (χ2v) is 9.86. The van der Waals surface area contributed by atoms with E-state index in [9.17, 15) is 15.0 Å².